The molecular formula is C33H27Cl5F2N6O3. The summed E-state index contributed by atoms with van der Waals surface area (Å²) in [5.41, 5.74) is 6.00. The maximum absolute atomic E-state index is 14.7. The Morgan fingerprint density at radius 2 is 1.16 bits per heavy atom. The van der Waals surface area contributed by atoms with E-state index in [1.54, 1.807) is 32.2 Å². The van der Waals surface area contributed by atoms with Gasteiger partial charge in [-0.15, -0.1) is 0 Å². The van der Waals surface area contributed by atoms with Gasteiger partial charge in [0.15, 0.2) is 0 Å². The van der Waals surface area contributed by atoms with E-state index in [-0.39, 0.29) is 65.1 Å². The lowest BCUT2D eigenvalue weighted by atomic mass is 10.1. The van der Waals surface area contributed by atoms with Gasteiger partial charge in [-0.2, -0.15) is 0 Å². The Hall–Kier alpha value is -3.74. The highest BCUT2D eigenvalue weighted by Gasteiger charge is 2.26. The van der Waals surface area contributed by atoms with Crippen molar-refractivity contribution in [1.82, 2.24) is 18.7 Å². The van der Waals surface area contributed by atoms with Gasteiger partial charge in [-0.1, -0.05) is 64.1 Å². The van der Waals surface area contributed by atoms with Crippen molar-refractivity contribution in [3.05, 3.63) is 112 Å². The summed E-state index contributed by atoms with van der Waals surface area (Å²) in [4.78, 5) is 37.7. The van der Waals surface area contributed by atoms with E-state index in [1.807, 2.05) is 0 Å². The van der Waals surface area contributed by atoms with Crippen molar-refractivity contribution in [2.75, 3.05) is 11.1 Å². The Morgan fingerprint density at radius 1 is 0.673 bits per heavy atom. The lowest BCUT2D eigenvalue weighted by molar-refractivity contribution is 0.102. The number of halogens is 7. The Balaban J connectivity index is 0.000000182. The van der Waals surface area contributed by atoms with Crippen molar-refractivity contribution in [2.24, 2.45) is 0 Å². The molecule has 7 rings (SSSR count). The van der Waals surface area contributed by atoms with Gasteiger partial charge in [-0.05, 0) is 68.1 Å². The molecule has 5 aromatic rings. The topological polar surface area (TPSA) is 109 Å². The standard InChI is InChI=1S/C20H15Cl3FN3O2.C13H12Cl2FN3O/c21-12-5-3-4-11(8-12)19(28)25-16-9-13(15(24)10-14(16)22)17-18(23)26-6-1-2-7-27(26)20(17)29;14-8-6-9(16)7(5-10(8)17)11-12(15)18-3-1-2-4-19(18)13(11)20/h3-5,8-10H,1-2,6-7H2,(H,25,28);5-6H,1-4,17H2. The molecule has 2 aliphatic heterocycles. The third-order valence-corrected chi connectivity index (χ3v) is 9.99. The number of nitrogen functional groups attached to an aromatic ring is 1. The molecule has 0 saturated carbocycles. The van der Waals surface area contributed by atoms with Gasteiger partial charge in [0.1, 0.15) is 21.9 Å². The molecule has 9 nitrogen and oxygen atoms in total. The normalized spacial score (nSPS) is 13.7. The van der Waals surface area contributed by atoms with E-state index >= 15 is 0 Å². The van der Waals surface area contributed by atoms with Crippen LogP contribution in [0.1, 0.15) is 36.0 Å². The minimum Gasteiger partial charge on any atom is -0.398 e. The molecule has 0 spiro atoms. The van der Waals surface area contributed by atoms with Gasteiger partial charge >= 0.3 is 0 Å². The van der Waals surface area contributed by atoms with Crippen molar-refractivity contribution in [3.8, 4) is 22.3 Å². The SMILES string of the molecule is Nc1cc(-c2c(Cl)n3n(c2=O)CCCC3)c(F)cc1Cl.O=C(Nc1cc(-c2c(Cl)n3n(c2=O)CCCC3)c(F)cc1Cl)c1cccc(Cl)c1. The van der Waals surface area contributed by atoms with Crippen LogP contribution in [-0.2, 0) is 26.2 Å². The van der Waals surface area contributed by atoms with Crippen molar-refractivity contribution < 1.29 is 13.6 Å². The van der Waals surface area contributed by atoms with Crippen LogP contribution in [0.3, 0.4) is 0 Å². The molecule has 49 heavy (non-hydrogen) atoms. The largest absolute Gasteiger partial charge is 0.398 e. The smallest absolute Gasteiger partial charge is 0.276 e. The molecule has 0 radical (unpaired) electrons. The van der Waals surface area contributed by atoms with Gasteiger partial charge in [-0.25, -0.2) is 18.1 Å². The number of rotatable bonds is 4. The third kappa shape index (κ3) is 6.74. The lowest BCUT2D eigenvalue weighted by Gasteiger charge is -2.17. The predicted octanol–water partition coefficient (Wildman–Crippen LogP) is 8.60. The molecule has 2 aliphatic rings. The fraction of sp³-hybridized carbons (Fsp3) is 0.242. The molecule has 0 saturated heterocycles. The first-order valence-electron chi connectivity index (χ1n) is 15.2. The summed E-state index contributed by atoms with van der Waals surface area (Å²) in [6.07, 6.45) is 3.59. The van der Waals surface area contributed by atoms with Gasteiger partial charge < -0.3 is 11.1 Å². The van der Waals surface area contributed by atoms with E-state index in [1.165, 1.54) is 22.9 Å². The number of carbonyl (C=O) groups excluding carboxylic acids is 1. The molecule has 0 unspecified atom stereocenters. The van der Waals surface area contributed by atoms with Crippen LogP contribution in [-0.4, -0.2) is 24.6 Å². The zero-order valence-corrected chi connectivity index (χ0v) is 29.3. The number of aromatic nitrogens is 4. The van der Waals surface area contributed by atoms with Crippen molar-refractivity contribution in [3.63, 3.8) is 0 Å². The van der Waals surface area contributed by atoms with Gasteiger partial charge in [-0.3, -0.25) is 23.7 Å². The van der Waals surface area contributed by atoms with E-state index in [0.29, 0.717) is 36.8 Å². The first-order valence-corrected chi connectivity index (χ1v) is 17.1. The number of amides is 1. The molecule has 3 N–H and O–H groups in total. The van der Waals surface area contributed by atoms with E-state index in [2.05, 4.69) is 5.32 Å². The Bertz CT molecular complexity index is 2240. The van der Waals surface area contributed by atoms with Crippen LogP contribution in [0.2, 0.25) is 25.4 Å². The monoisotopic (exact) mass is 768 g/mol. The quantitative estimate of drug-likeness (QED) is 0.179. The zero-order valence-electron chi connectivity index (χ0n) is 25.5. The maximum atomic E-state index is 14.7. The number of benzene rings is 3. The van der Waals surface area contributed by atoms with Crippen LogP contribution in [0.25, 0.3) is 22.3 Å². The summed E-state index contributed by atoms with van der Waals surface area (Å²) >= 11 is 30.5. The van der Waals surface area contributed by atoms with E-state index in [0.717, 1.165) is 37.8 Å². The van der Waals surface area contributed by atoms with Crippen LogP contribution in [0, 0.1) is 11.6 Å². The number of nitrogens with one attached hydrogen (secondary N) is 1. The number of hydrogen-bond donors (Lipinski definition) is 2. The molecule has 0 fully saturated rings. The summed E-state index contributed by atoms with van der Waals surface area (Å²) in [5.74, 6) is -1.77. The van der Waals surface area contributed by atoms with Gasteiger partial charge in [0.2, 0.25) is 0 Å². The molecule has 4 heterocycles. The van der Waals surface area contributed by atoms with Gasteiger partial charge in [0, 0.05) is 47.9 Å². The maximum Gasteiger partial charge on any atom is 0.276 e. The lowest BCUT2D eigenvalue weighted by Crippen LogP contribution is -2.27. The second-order valence-electron chi connectivity index (χ2n) is 11.5. The fourth-order valence-electron chi connectivity index (χ4n) is 5.92. The van der Waals surface area contributed by atoms with Crippen molar-refractivity contribution in [1.29, 1.82) is 0 Å². The van der Waals surface area contributed by atoms with Crippen LogP contribution >= 0.6 is 58.0 Å². The van der Waals surface area contributed by atoms with Crippen molar-refractivity contribution >= 4 is 75.3 Å². The number of anilines is 2. The number of hydrogen-bond acceptors (Lipinski definition) is 4. The summed E-state index contributed by atoms with van der Waals surface area (Å²) in [6, 6.07) is 11.2. The average Bonchev–Trinajstić information content (AvgIpc) is 3.48. The molecule has 0 bridgehead atoms. The Labute approximate surface area is 303 Å². The minimum atomic E-state index is -0.696. The van der Waals surface area contributed by atoms with Crippen molar-refractivity contribution in [2.45, 2.75) is 51.9 Å². The van der Waals surface area contributed by atoms with E-state index in [4.69, 9.17) is 63.7 Å². The number of fused-ring (bicyclic) bond motifs is 2. The molecule has 2 aromatic heterocycles. The molecule has 1 amide bonds. The second-order valence-corrected chi connectivity index (χ2v) is 13.4. The first-order chi connectivity index (χ1) is 23.4. The van der Waals surface area contributed by atoms with Gasteiger partial charge in [0.25, 0.3) is 17.0 Å². The van der Waals surface area contributed by atoms with Crippen LogP contribution in [0.5, 0.6) is 0 Å². The molecular weight excluding hydrogens is 744 g/mol. The van der Waals surface area contributed by atoms with Crippen LogP contribution < -0.4 is 22.2 Å². The predicted molar refractivity (Wildman–Crippen MR) is 190 cm³/mol. The minimum absolute atomic E-state index is 0.00169. The summed E-state index contributed by atoms with van der Waals surface area (Å²) in [7, 11) is 0. The highest BCUT2D eigenvalue weighted by molar-refractivity contribution is 6.35. The highest BCUT2D eigenvalue weighted by Crippen LogP contribution is 2.36. The van der Waals surface area contributed by atoms with Crippen LogP contribution in [0.15, 0.2) is 58.1 Å². The number of carbonyl (C=O) groups is 1. The molecule has 16 heteroatoms. The first kappa shape index (κ1) is 35.1. The van der Waals surface area contributed by atoms with Gasteiger partial charge in [0.05, 0.1) is 32.5 Å². The van der Waals surface area contributed by atoms with E-state index in [9.17, 15) is 23.2 Å². The Morgan fingerprint density at radius 3 is 1.67 bits per heavy atom. The summed E-state index contributed by atoms with van der Waals surface area (Å²) in [5, 5.41) is 3.58. The average molecular weight is 771 g/mol. The number of nitrogens with zero attached hydrogens (tertiary/aromatic N) is 4. The third-order valence-electron chi connectivity index (χ3n) is 8.34. The zero-order chi connectivity index (χ0) is 35.1. The number of nitrogens with two attached hydrogens (primary N) is 1. The molecule has 0 aliphatic carbocycles. The highest BCUT2D eigenvalue weighted by atomic mass is 35.5. The summed E-state index contributed by atoms with van der Waals surface area (Å²) in [6.45, 7) is 2.34. The Kier molecular flexibility index (Phi) is 10.2. The van der Waals surface area contributed by atoms with Crippen LogP contribution in [0.4, 0.5) is 20.2 Å². The van der Waals surface area contributed by atoms with E-state index < -0.39 is 17.5 Å². The second kappa shape index (κ2) is 14.2. The molecule has 0 atom stereocenters. The molecule has 256 valence electrons. The fourth-order valence-corrected chi connectivity index (χ4v) is 7.18. The molecule has 3 aromatic carbocycles. The summed E-state index contributed by atoms with van der Waals surface area (Å²) < 4.78 is 35.2.